The minimum atomic E-state index is -0.424. The average molecular weight is 416 g/mol. The summed E-state index contributed by atoms with van der Waals surface area (Å²) < 4.78 is 1.38. The summed E-state index contributed by atoms with van der Waals surface area (Å²) in [5.41, 5.74) is 5.44. The monoisotopic (exact) mass is 415 g/mol. The number of carbonyl (C=O) groups excluding carboxylic acids is 1. The zero-order valence-corrected chi connectivity index (χ0v) is 17.8. The number of hydrogen-bond acceptors (Lipinski definition) is 4. The van der Waals surface area contributed by atoms with Gasteiger partial charge in [-0.15, -0.1) is 0 Å². The molecule has 3 rings (SSSR count). The molecule has 1 aliphatic rings. The minimum Gasteiger partial charge on any atom is -0.358 e. The van der Waals surface area contributed by atoms with Crippen LogP contribution in [0.3, 0.4) is 0 Å². The minimum absolute atomic E-state index is 0.179. The molecule has 1 heterocycles. The van der Waals surface area contributed by atoms with Crippen molar-refractivity contribution in [2.75, 3.05) is 0 Å². The molecule has 0 saturated heterocycles. The van der Waals surface area contributed by atoms with E-state index in [9.17, 15) is 9.59 Å². The third-order valence-electron chi connectivity index (χ3n) is 5.52. The molecule has 29 heavy (non-hydrogen) atoms. The van der Waals surface area contributed by atoms with E-state index in [1.165, 1.54) is 23.9 Å². The molecule has 8 heteroatoms. The van der Waals surface area contributed by atoms with Crippen molar-refractivity contribution in [3.63, 3.8) is 0 Å². The van der Waals surface area contributed by atoms with E-state index >= 15 is 0 Å². The largest absolute Gasteiger partial charge is 0.358 e. The first-order valence-electron chi connectivity index (χ1n) is 10.4. The summed E-state index contributed by atoms with van der Waals surface area (Å²) >= 11 is 5.34. The first-order valence-corrected chi connectivity index (χ1v) is 10.8. The number of unbranched alkanes of at least 4 members (excludes halogenated alkanes) is 1. The molecule has 2 atom stereocenters. The lowest BCUT2D eigenvalue weighted by molar-refractivity contribution is 0.0937. The third kappa shape index (κ3) is 5.12. The summed E-state index contributed by atoms with van der Waals surface area (Å²) in [6.45, 7) is 4.74. The Bertz CT molecular complexity index is 942. The van der Waals surface area contributed by atoms with E-state index in [2.05, 4.69) is 28.2 Å². The number of hydrogen-bond donors (Lipinski definition) is 3. The Morgan fingerprint density at radius 1 is 1.21 bits per heavy atom. The molecular weight excluding hydrogens is 386 g/mol. The van der Waals surface area contributed by atoms with Crippen molar-refractivity contribution < 1.29 is 4.79 Å². The summed E-state index contributed by atoms with van der Waals surface area (Å²) in [4.78, 5) is 25.5. The first-order chi connectivity index (χ1) is 14.0. The highest BCUT2D eigenvalue weighted by molar-refractivity contribution is 7.80. The van der Waals surface area contributed by atoms with Crippen LogP contribution in [0.25, 0.3) is 10.8 Å². The summed E-state index contributed by atoms with van der Waals surface area (Å²) in [5, 5.41) is 9.03. The highest BCUT2D eigenvalue weighted by atomic mass is 32.1. The smallest absolute Gasteiger partial charge is 0.290 e. The van der Waals surface area contributed by atoms with Gasteiger partial charge < -0.3 is 5.32 Å². The van der Waals surface area contributed by atoms with E-state index < -0.39 is 5.91 Å². The van der Waals surface area contributed by atoms with Gasteiger partial charge in [0.25, 0.3) is 11.5 Å². The molecule has 3 N–H and O–H groups in total. The van der Waals surface area contributed by atoms with Crippen LogP contribution in [-0.2, 0) is 6.54 Å². The Balaban J connectivity index is 1.73. The number of aryl methyl sites for hydroxylation is 1. The van der Waals surface area contributed by atoms with Gasteiger partial charge in [0.15, 0.2) is 10.8 Å². The molecule has 2 aromatic rings. The Morgan fingerprint density at radius 3 is 2.66 bits per heavy atom. The fourth-order valence-electron chi connectivity index (χ4n) is 3.77. The predicted molar refractivity (Wildman–Crippen MR) is 119 cm³/mol. The van der Waals surface area contributed by atoms with Crippen molar-refractivity contribution >= 4 is 34.0 Å². The van der Waals surface area contributed by atoms with Crippen molar-refractivity contribution in [3.05, 3.63) is 40.3 Å². The average Bonchev–Trinajstić information content (AvgIpc) is 2.73. The number of amides is 1. The van der Waals surface area contributed by atoms with Crippen molar-refractivity contribution in [1.82, 2.24) is 25.9 Å². The molecule has 156 valence electrons. The Labute approximate surface area is 176 Å². The number of hydrazine groups is 1. The van der Waals surface area contributed by atoms with Crippen molar-refractivity contribution in [2.45, 2.75) is 65.0 Å². The third-order valence-corrected chi connectivity index (χ3v) is 5.74. The second-order valence-corrected chi connectivity index (χ2v) is 8.11. The fourth-order valence-corrected chi connectivity index (χ4v) is 3.97. The van der Waals surface area contributed by atoms with Gasteiger partial charge >= 0.3 is 0 Å². The van der Waals surface area contributed by atoms with Gasteiger partial charge in [0.2, 0.25) is 0 Å². The quantitative estimate of drug-likeness (QED) is 0.514. The van der Waals surface area contributed by atoms with Gasteiger partial charge in [-0.2, -0.15) is 5.10 Å². The van der Waals surface area contributed by atoms with Gasteiger partial charge in [0.05, 0.1) is 5.39 Å². The number of benzene rings is 1. The van der Waals surface area contributed by atoms with Crippen LogP contribution < -0.4 is 21.7 Å². The van der Waals surface area contributed by atoms with Gasteiger partial charge in [0, 0.05) is 18.0 Å². The maximum Gasteiger partial charge on any atom is 0.290 e. The lowest BCUT2D eigenvalue weighted by atomic mass is 9.86. The molecule has 1 aromatic carbocycles. The molecule has 0 spiro atoms. The summed E-state index contributed by atoms with van der Waals surface area (Å²) in [7, 11) is 0. The normalized spacial score (nSPS) is 19.0. The zero-order chi connectivity index (χ0) is 20.8. The topological polar surface area (TPSA) is 88.1 Å². The maximum absolute atomic E-state index is 12.8. The summed E-state index contributed by atoms with van der Waals surface area (Å²) in [6, 6.07) is 7.36. The van der Waals surface area contributed by atoms with Crippen LogP contribution in [0.1, 0.15) is 62.9 Å². The first kappa shape index (κ1) is 21.2. The summed E-state index contributed by atoms with van der Waals surface area (Å²) in [5.74, 6) is 0.124. The zero-order valence-electron chi connectivity index (χ0n) is 17.0. The van der Waals surface area contributed by atoms with E-state index in [4.69, 9.17) is 12.2 Å². The van der Waals surface area contributed by atoms with Crippen molar-refractivity contribution in [3.8, 4) is 0 Å². The summed E-state index contributed by atoms with van der Waals surface area (Å²) in [6.07, 6.45) is 6.45. The molecule has 1 amide bonds. The molecule has 0 bridgehead atoms. The van der Waals surface area contributed by atoms with Crippen LogP contribution in [0.4, 0.5) is 0 Å². The number of carbonyl (C=O) groups is 1. The second kappa shape index (κ2) is 9.82. The fraction of sp³-hybridized carbons (Fsp3) is 0.524. The molecule has 1 aliphatic carbocycles. The van der Waals surface area contributed by atoms with E-state index in [1.807, 2.05) is 6.92 Å². The van der Waals surface area contributed by atoms with E-state index in [0.717, 1.165) is 19.3 Å². The molecule has 1 aromatic heterocycles. The van der Waals surface area contributed by atoms with Crippen LogP contribution in [0.5, 0.6) is 0 Å². The maximum atomic E-state index is 12.8. The van der Waals surface area contributed by atoms with Gasteiger partial charge in [-0.3, -0.25) is 20.4 Å². The van der Waals surface area contributed by atoms with Gasteiger partial charge in [-0.25, -0.2) is 4.68 Å². The number of nitrogens with zero attached hydrogens (tertiary/aromatic N) is 2. The number of fused-ring (bicyclic) bond motifs is 1. The number of aromatic nitrogens is 2. The van der Waals surface area contributed by atoms with Crippen LogP contribution >= 0.6 is 12.2 Å². The van der Waals surface area contributed by atoms with E-state index in [-0.39, 0.29) is 11.3 Å². The number of rotatable bonds is 5. The van der Waals surface area contributed by atoms with Crippen LogP contribution in [0, 0.1) is 5.92 Å². The molecule has 7 nitrogen and oxygen atoms in total. The molecule has 1 fully saturated rings. The Kier molecular flexibility index (Phi) is 7.19. The molecule has 0 radical (unpaired) electrons. The van der Waals surface area contributed by atoms with E-state index in [1.54, 1.807) is 24.3 Å². The van der Waals surface area contributed by atoms with Gasteiger partial charge in [-0.05, 0) is 43.5 Å². The Morgan fingerprint density at radius 2 is 1.93 bits per heavy atom. The SMILES string of the molecule is CCCCn1nc(C(=O)NNC(=S)N[C@H]2CCCC[C@@H]2C)c2ccccc2c1=O. The second-order valence-electron chi connectivity index (χ2n) is 7.70. The molecule has 1 saturated carbocycles. The lowest BCUT2D eigenvalue weighted by Gasteiger charge is -2.30. The number of thiocarbonyl (C=S) groups is 1. The molecule has 0 aliphatic heterocycles. The Hall–Kier alpha value is -2.48. The van der Waals surface area contributed by atoms with Gasteiger partial charge in [-0.1, -0.05) is 51.3 Å². The lowest BCUT2D eigenvalue weighted by Crippen LogP contribution is -2.51. The highest BCUT2D eigenvalue weighted by Gasteiger charge is 2.22. The molecular formula is C21H29N5O2S. The van der Waals surface area contributed by atoms with Crippen molar-refractivity contribution in [1.29, 1.82) is 0 Å². The standard InChI is InChI=1S/C21H29N5O2S/c1-3-4-13-26-20(28)16-11-7-6-10-15(16)18(25-26)19(27)23-24-21(29)22-17-12-8-5-9-14(17)2/h6-7,10-11,14,17H,3-5,8-9,12-13H2,1-2H3,(H,23,27)(H2,22,24,29)/t14-,17-/m0/s1. The highest BCUT2D eigenvalue weighted by Crippen LogP contribution is 2.23. The van der Waals surface area contributed by atoms with Crippen molar-refractivity contribution in [2.24, 2.45) is 5.92 Å². The predicted octanol–water partition coefficient (Wildman–Crippen LogP) is 2.88. The van der Waals surface area contributed by atoms with Crippen LogP contribution in [0.2, 0.25) is 0 Å². The molecule has 0 unspecified atom stereocenters. The van der Waals surface area contributed by atoms with Crippen LogP contribution in [-0.4, -0.2) is 26.8 Å². The van der Waals surface area contributed by atoms with E-state index in [0.29, 0.717) is 34.4 Å². The van der Waals surface area contributed by atoms with Crippen LogP contribution in [0.15, 0.2) is 29.1 Å². The number of nitrogens with one attached hydrogen (secondary N) is 3. The van der Waals surface area contributed by atoms with Gasteiger partial charge in [0.1, 0.15) is 0 Å².